The lowest BCUT2D eigenvalue weighted by Gasteiger charge is -2.24. The Morgan fingerprint density at radius 1 is 1.09 bits per heavy atom. The number of aliphatic hydroxyl groups is 1. The summed E-state index contributed by atoms with van der Waals surface area (Å²) in [6.07, 6.45) is 0.587. The Balaban J connectivity index is 0.00000192. The number of para-hydroxylation sites is 1. The van der Waals surface area contributed by atoms with Crippen LogP contribution in [0, 0.1) is 0 Å². The van der Waals surface area contributed by atoms with Crippen molar-refractivity contribution >= 4 is 18.1 Å². The molecule has 1 N–H and O–H groups in total. The van der Waals surface area contributed by atoms with E-state index in [0.29, 0.717) is 13.2 Å². The Bertz CT molecular complexity index is 605. The van der Waals surface area contributed by atoms with Crippen molar-refractivity contribution in [3.63, 3.8) is 0 Å². The number of hydrogen-bond acceptors (Lipinski definition) is 3. The van der Waals surface area contributed by atoms with Gasteiger partial charge in [0.15, 0.2) is 0 Å². The molecule has 2 unspecified atom stereocenters. The first-order valence-electron chi connectivity index (χ1n) is 7.91. The van der Waals surface area contributed by atoms with Crippen molar-refractivity contribution in [3.8, 4) is 0 Å². The lowest BCUT2D eigenvalue weighted by molar-refractivity contribution is 0.000434. The van der Waals surface area contributed by atoms with Gasteiger partial charge < -0.3 is 14.7 Å². The van der Waals surface area contributed by atoms with E-state index in [1.54, 1.807) is 0 Å². The zero-order valence-corrected chi connectivity index (χ0v) is 14.2. The minimum absolute atomic E-state index is 0. The van der Waals surface area contributed by atoms with Gasteiger partial charge >= 0.3 is 0 Å². The van der Waals surface area contributed by atoms with E-state index in [9.17, 15) is 5.11 Å². The van der Waals surface area contributed by atoms with Gasteiger partial charge in [0.1, 0.15) is 0 Å². The number of hydrogen-bond donors (Lipinski definition) is 1. The van der Waals surface area contributed by atoms with E-state index in [2.05, 4.69) is 29.2 Å². The minimum atomic E-state index is -0.475. The van der Waals surface area contributed by atoms with Gasteiger partial charge in [0.2, 0.25) is 0 Å². The summed E-state index contributed by atoms with van der Waals surface area (Å²) in [6.45, 7) is 3.98. The third-order valence-corrected chi connectivity index (χ3v) is 4.22. The van der Waals surface area contributed by atoms with Crippen molar-refractivity contribution in [3.05, 3.63) is 65.7 Å². The van der Waals surface area contributed by atoms with Crippen molar-refractivity contribution < 1.29 is 9.84 Å². The van der Waals surface area contributed by atoms with E-state index in [1.165, 1.54) is 11.3 Å². The number of aliphatic hydroxyl groups excluding tert-OH is 1. The Morgan fingerprint density at radius 3 is 2.57 bits per heavy atom. The van der Waals surface area contributed by atoms with Crippen LogP contribution in [0.25, 0.3) is 0 Å². The predicted molar refractivity (Wildman–Crippen MR) is 96.4 cm³/mol. The second-order valence-electron chi connectivity index (χ2n) is 5.86. The average Bonchev–Trinajstić information content (AvgIpc) is 2.97. The smallest absolute Gasteiger partial charge is 0.0948 e. The number of halogens is 1. The molecule has 23 heavy (non-hydrogen) atoms. The highest BCUT2D eigenvalue weighted by Crippen LogP contribution is 2.27. The molecule has 0 amide bonds. The number of ether oxygens (including phenoxy) is 1. The van der Waals surface area contributed by atoms with Crippen LogP contribution >= 0.6 is 12.4 Å². The maximum Gasteiger partial charge on any atom is 0.0948 e. The van der Waals surface area contributed by atoms with Gasteiger partial charge in [-0.1, -0.05) is 48.5 Å². The van der Waals surface area contributed by atoms with Gasteiger partial charge in [-0.05, 0) is 30.5 Å². The zero-order valence-electron chi connectivity index (χ0n) is 13.4. The van der Waals surface area contributed by atoms with Crippen molar-refractivity contribution in [2.24, 2.45) is 0 Å². The number of rotatable bonds is 6. The van der Waals surface area contributed by atoms with E-state index >= 15 is 0 Å². The van der Waals surface area contributed by atoms with Gasteiger partial charge in [0.05, 0.1) is 18.8 Å². The molecule has 0 saturated heterocycles. The maximum atomic E-state index is 10.3. The number of β-amino-alcohol motifs (C(OH)–C–C–N with tert-alkyl or cyclic N) is 1. The molecule has 3 nitrogen and oxygen atoms in total. The molecule has 2 aromatic rings. The van der Waals surface area contributed by atoms with Gasteiger partial charge in [-0.15, -0.1) is 12.4 Å². The van der Waals surface area contributed by atoms with E-state index in [-0.39, 0.29) is 18.5 Å². The first-order valence-corrected chi connectivity index (χ1v) is 7.91. The Morgan fingerprint density at radius 2 is 1.78 bits per heavy atom. The van der Waals surface area contributed by atoms with Crippen LogP contribution in [-0.4, -0.2) is 30.9 Å². The molecule has 2 atom stereocenters. The third kappa shape index (κ3) is 4.47. The molecule has 3 rings (SSSR count). The predicted octanol–water partition coefficient (Wildman–Crippen LogP) is 3.61. The van der Waals surface area contributed by atoms with Crippen molar-refractivity contribution in [1.29, 1.82) is 0 Å². The molecule has 0 aromatic heterocycles. The summed E-state index contributed by atoms with van der Waals surface area (Å²) in [6, 6.07) is 18.5. The summed E-state index contributed by atoms with van der Waals surface area (Å²) in [5, 5.41) is 10.3. The highest BCUT2D eigenvalue weighted by Gasteiger charge is 2.21. The van der Waals surface area contributed by atoms with Crippen LogP contribution in [-0.2, 0) is 11.2 Å². The standard InChI is InChI=1S/C19H23NO2.ClH/c1-15(16-7-3-2-4-8-16)22-14-18(21)13-20-12-11-17-9-5-6-10-19(17)20;/h2-10,15,18,21H,11-14H2,1H3;1H. The maximum absolute atomic E-state index is 10.3. The molecule has 2 aromatic carbocycles. The molecule has 0 fully saturated rings. The Hall–Kier alpha value is -1.55. The normalized spacial score (nSPS) is 15.7. The van der Waals surface area contributed by atoms with Crippen LogP contribution in [0.4, 0.5) is 5.69 Å². The third-order valence-electron chi connectivity index (χ3n) is 4.22. The number of nitrogens with zero attached hydrogens (tertiary/aromatic N) is 1. The molecule has 1 heterocycles. The second kappa shape index (κ2) is 8.34. The van der Waals surface area contributed by atoms with Crippen LogP contribution in [0.1, 0.15) is 24.2 Å². The van der Waals surface area contributed by atoms with Gasteiger partial charge in [-0.2, -0.15) is 0 Å². The van der Waals surface area contributed by atoms with Crippen molar-refractivity contribution in [2.75, 3.05) is 24.6 Å². The topological polar surface area (TPSA) is 32.7 Å². The van der Waals surface area contributed by atoms with E-state index in [1.807, 2.05) is 37.3 Å². The lowest BCUT2D eigenvalue weighted by atomic mass is 10.1. The molecule has 0 radical (unpaired) electrons. The second-order valence-corrected chi connectivity index (χ2v) is 5.86. The lowest BCUT2D eigenvalue weighted by Crippen LogP contribution is -2.34. The fraction of sp³-hybridized carbons (Fsp3) is 0.368. The molecular weight excluding hydrogens is 310 g/mol. The molecular formula is C19H24ClNO2. The highest BCUT2D eigenvalue weighted by atomic mass is 35.5. The molecule has 4 heteroatoms. The average molecular weight is 334 g/mol. The van der Waals surface area contributed by atoms with E-state index in [4.69, 9.17) is 4.74 Å². The Labute approximate surface area is 144 Å². The van der Waals surface area contributed by atoms with Crippen LogP contribution in [0.5, 0.6) is 0 Å². The summed E-state index contributed by atoms with van der Waals surface area (Å²) >= 11 is 0. The molecule has 124 valence electrons. The van der Waals surface area contributed by atoms with Crippen molar-refractivity contribution in [1.82, 2.24) is 0 Å². The zero-order chi connectivity index (χ0) is 15.4. The van der Waals surface area contributed by atoms with Crippen LogP contribution in [0.3, 0.4) is 0 Å². The molecule has 1 aliphatic heterocycles. The number of fused-ring (bicyclic) bond motifs is 1. The fourth-order valence-electron chi connectivity index (χ4n) is 2.98. The minimum Gasteiger partial charge on any atom is -0.389 e. The SMILES string of the molecule is CC(OCC(O)CN1CCc2ccccc21)c1ccccc1.Cl. The number of anilines is 1. The molecule has 1 aliphatic rings. The fourth-order valence-corrected chi connectivity index (χ4v) is 2.98. The summed E-state index contributed by atoms with van der Waals surface area (Å²) in [4.78, 5) is 2.25. The van der Waals surface area contributed by atoms with Gasteiger partial charge in [0.25, 0.3) is 0 Å². The van der Waals surface area contributed by atoms with Crippen LogP contribution in [0.2, 0.25) is 0 Å². The van der Waals surface area contributed by atoms with Gasteiger partial charge in [-0.25, -0.2) is 0 Å². The van der Waals surface area contributed by atoms with E-state index in [0.717, 1.165) is 18.5 Å². The summed E-state index contributed by atoms with van der Waals surface area (Å²) in [7, 11) is 0. The summed E-state index contributed by atoms with van der Waals surface area (Å²) < 4.78 is 5.81. The van der Waals surface area contributed by atoms with Crippen LogP contribution < -0.4 is 4.90 Å². The Kier molecular flexibility index (Phi) is 6.46. The monoisotopic (exact) mass is 333 g/mol. The van der Waals surface area contributed by atoms with Gasteiger partial charge in [0, 0.05) is 18.8 Å². The highest BCUT2D eigenvalue weighted by molar-refractivity contribution is 5.85. The van der Waals surface area contributed by atoms with Crippen LogP contribution in [0.15, 0.2) is 54.6 Å². The van der Waals surface area contributed by atoms with Gasteiger partial charge in [-0.3, -0.25) is 0 Å². The molecule has 0 aliphatic carbocycles. The largest absolute Gasteiger partial charge is 0.389 e. The quantitative estimate of drug-likeness (QED) is 0.876. The molecule has 0 saturated carbocycles. The molecule has 0 bridgehead atoms. The van der Waals surface area contributed by atoms with Crippen molar-refractivity contribution in [2.45, 2.75) is 25.6 Å². The molecule has 0 spiro atoms. The van der Waals surface area contributed by atoms with E-state index < -0.39 is 6.10 Å². The first-order chi connectivity index (χ1) is 10.7. The first kappa shape index (κ1) is 17.8. The number of benzene rings is 2. The summed E-state index contributed by atoms with van der Waals surface area (Å²) in [5.41, 5.74) is 3.76. The summed E-state index contributed by atoms with van der Waals surface area (Å²) in [5.74, 6) is 0.